The molecule has 18 heavy (non-hydrogen) atoms. The molecule has 0 aliphatic heterocycles. The second-order valence-corrected chi connectivity index (χ2v) is 6.02. The van der Waals surface area contributed by atoms with Crippen LogP contribution in [0.5, 0.6) is 0 Å². The highest BCUT2D eigenvalue weighted by Crippen LogP contribution is 2.23. The molecule has 0 bridgehead atoms. The lowest BCUT2D eigenvalue weighted by Crippen LogP contribution is -2.29. The minimum atomic E-state index is -0.521. The SMILES string of the molecule is CNC(CCC(C)(C)C)Cc1ccc(F)cc1F. The van der Waals surface area contributed by atoms with E-state index in [1.54, 1.807) is 0 Å². The average molecular weight is 255 g/mol. The monoisotopic (exact) mass is 255 g/mol. The van der Waals surface area contributed by atoms with Crippen molar-refractivity contribution < 1.29 is 8.78 Å². The van der Waals surface area contributed by atoms with Crippen LogP contribution in [0.3, 0.4) is 0 Å². The predicted octanol–water partition coefficient (Wildman–Crippen LogP) is 3.92. The van der Waals surface area contributed by atoms with Gasteiger partial charge in [0.15, 0.2) is 0 Å². The van der Waals surface area contributed by atoms with Crippen molar-refractivity contribution in [1.29, 1.82) is 0 Å². The van der Waals surface area contributed by atoms with E-state index in [0.717, 1.165) is 18.9 Å². The van der Waals surface area contributed by atoms with Crippen molar-refractivity contribution in [2.24, 2.45) is 5.41 Å². The fourth-order valence-corrected chi connectivity index (χ4v) is 1.91. The van der Waals surface area contributed by atoms with E-state index in [1.165, 1.54) is 12.1 Å². The summed E-state index contributed by atoms with van der Waals surface area (Å²) in [5.74, 6) is -0.974. The van der Waals surface area contributed by atoms with Crippen molar-refractivity contribution >= 4 is 0 Å². The molecule has 0 aliphatic rings. The second-order valence-electron chi connectivity index (χ2n) is 6.02. The quantitative estimate of drug-likeness (QED) is 0.841. The molecule has 1 aromatic rings. The van der Waals surface area contributed by atoms with E-state index >= 15 is 0 Å². The number of nitrogens with one attached hydrogen (secondary N) is 1. The maximum atomic E-state index is 13.6. The zero-order valence-electron chi connectivity index (χ0n) is 11.7. The number of likely N-dealkylation sites (N-methyl/N-ethyl adjacent to an activating group) is 1. The van der Waals surface area contributed by atoms with E-state index in [9.17, 15) is 8.78 Å². The lowest BCUT2D eigenvalue weighted by Gasteiger charge is -2.23. The summed E-state index contributed by atoms with van der Waals surface area (Å²) >= 11 is 0. The van der Waals surface area contributed by atoms with Gasteiger partial charge in [-0.1, -0.05) is 26.8 Å². The van der Waals surface area contributed by atoms with Gasteiger partial charge in [-0.2, -0.15) is 0 Å². The normalized spacial score (nSPS) is 13.7. The van der Waals surface area contributed by atoms with E-state index in [-0.39, 0.29) is 11.5 Å². The Balaban J connectivity index is 2.62. The minimum absolute atomic E-state index is 0.226. The molecule has 102 valence electrons. The minimum Gasteiger partial charge on any atom is -0.317 e. The molecule has 0 spiro atoms. The molecule has 0 aromatic heterocycles. The van der Waals surface area contributed by atoms with Crippen LogP contribution in [0.15, 0.2) is 18.2 Å². The first-order valence-corrected chi connectivity index (χ1v) is 6.43. The van der Waals surface area contributed by atoms with Gasteiger partial charge in [-0.3, -0.25) is 0 Å². The van der Waals surface area contributed by atoms with E-state index in [4.69, 9.17) is 0 Å². The number of benzene rings is 1. The van der Waals surface area contributed by atoms with Gasteiger partial charge in [0.1, 0.15) is 11.6 Å². The number of hydrogen-bond donors (Lipinski definition) is 1. The van der Waals surface area contributed by atoms with Crippen molar-refractivity contribution in [3.63, 3.8) is 0 Å². The van der Waals surface area contributed by atoms with Crippen LogP contribution in [0.1, 0.15) is 39.2 Å². The molecule has 0 fully saturated rings. The summed E-state index contributed by atoms with van der Waals surface area (Å²) in [5, 5.41) is 3.20. The lowest BCUT2D eigenvalue weighted by molar-refractivity contribution is 0.333. The fraction of sp³-hybridized carbons (Fsp3) is 0.600. The molecular weight excluding hydrogens is 232 g/mol. The Labute approximate surface area is 109 Å². The van der Waals surface area contributed by atoms with Crippen molar-refractivity contribution in [3.05, 3.63) is 35.4 Å². The molecule has 1 rings (SSSR count). The van der Waals surface area contributed by atoms with Crippen LogP contribution in [0.4, 0.5) is 8.78 Å². The van der Waals surface area contributed by atoms with Crippen LogP contribution in [0.25, 0.3) is 0 Å². The standard InChI is InChI=1S/C15H23F2N/c1-15(2,3)8-7-13(18-4)9-11-5-6-12(16)10-14(11)17/h5-6,10,13,18H,7-9H2,1-4H3. The highest BCUT2D eigenvalue weighted by Gasteiger charge is 2.16. The van der Waals surface area contributed by atoms with Crippen LogP contribution in [-0.4, -0.2) is 13.1 Å². The van der Waals surface area contributed by atoms with Crippen molar-refractivity contribution in [3.8, 4) is 0 Å². The van der Waals surface area contributed by atoms with Gasteiger partial charge in [0.25, 0.3) is 0 Å². The Kier molecular flexibility index (Phi) is 5.27. The summed E-state index contributed by atoms with van der Waals surface area (Å²) in [5.41, 5.74) is 0.848. The predicted molar refractivity (Wildman–Crippen MR) is 71.6 cm³/mol. The van der Waals surface area contributed by atoms with Gasteiger partial charge in [0.2, 0.25) is 0 Å². The first kappa shape index (κ1) is 15.1. The fourth-order valence-electron chi connectivity index (χ4n) is 1.91. The molecule has 1 atom stereocenters. The number of hydrogen-bond acceptors (Lipinski definition) is 1. The lowest BCUT2D eigenvalue weighted by atomic mass is 9.87. The third-order valence-electron chi connectivity index (χ3n) is 3.13. The molecule has 3 heteroatoms. The molecule has 1 N–H and O–H groups in total. The van der Waals surface area contributed by atoms with Gasteiger partial charge < -0.3 is 5.32 Å². The molecule has 0 saturated carbocycles. The maximum absolute atomic E-state index is 13.6. The van der Waals surface area contributed by atoms with Gasteiger partial charge in [-0.05, 0) is 43.4 Å². The third-order valence-corrected chi connectivity index (χ3v) is 3.13. The summed E-state index contributed by atoms with van der Waals surface area (Å²) in [6, 6.07) is 4.02. The largest absolute Gasteiger partial charge is 0.317 e. The molecule has 0 radical (unpaired) electrons. The first-order valence-electron chi connectivity index (χ1n) is 6.43. The smallest absolute Gasteiger partial charge is 0.129 e. The topological polar surface area (TPSA) is 12.0 Å². The average Bonchev–Trinajstić information content (AvgIpc) is 2.25. The summed E-state index contributed by atoms with van der Waals surface area (Å²) in [6.07, 6.45) is 2.65. The zero-order chi connectivity index (χ0) is 13.8. The molecule has 1 nitrogen and oxygen atoms in total. The van der Waals surface area contributed by atoms with Gasteiger partial charge in [0, 0.05) is 12.1 Å². The van der Waals surface area contributed by atoms with E-state index in [1.807, 2.05) is 7.05 Å². The Morgan fingerprint density at radius 2 is 1.89 bits per heavy atom. The van der Waals surface area contributed by atoms with Crippen LogP contribution < -0.4 is 5.32 Å². The molecular formula is C15H23F2N. The third kappa shape index (κ3) is 5.13. The number of halogens is 2. The highest BCUT2D eigenvalue weighted by atomic mass is 19.1. The molecule has 0 heterocycles. The molecule has 1 aromatic carbocycles. The van der Waals surface area contributed by atoms with E-state index in [2.05, 4.69) is 26.1 Å². The summed E-state index contributed by atoms with van der Waals surface area (Å²) in [6.45, 7) is 6.58. The van der Waals surface area contributed by atoms with Crippen molar-refractivity contribution in [1.82, 2.24) is 5.32 Å². The van der Waals surface area contributed by atoms with Crippen molar-refractivity contribution in [2.75, 3.05) is 7.05 Å². The van der Waals surface area contributed by atoms with Crippen molar-refractivity contribution in [2.45, 2.75) is 46.1 Å². The van der Waals surface area contributed by atoms with Gasteiger partial charge in [-0.25, -0.2) is 8.78 Å². The first-order chi connectivity index (χ1) is 8.31. The Morgan fingerprint density at radius 3 is 2.39 bits per heavy atom. The van der Waals surface area contributed by atoms with Gasteiger partial charge >= 0.3 is 0 Å². The van der Waals surface area contributed by atoms with Crippen LogP contribution in [0.2, 0.25) is 0 Å². The molecule has 0 saturated heterocycles. The van der Waals surface area contributed by atoms with E-state index in [0.29, 0.717) is 12.0 Å². The second kappa shape index (κ2) is 6.28. The van der Waals surface area contributed by atoms with E-state index < -0.39 is 11.6 Å². The molecule has 0 aliphatic carbocycles. The Bertz CT molecular complexity index is 383. The zero-order valence-corrected chi connectivity index (χ0v) is 11.7. The number of rotatable bonds is 5. The van der Waals surface area contributed by atoms with Crippen LogP contribution in [-0.2, 0) is 6.42 Å². The molecule has 1 unspecified atom stereocenters. The maximum Gasteiger partial charge on any atom is 0.129 e. The molecule has 0 amide bonds. The summed E-state index contributed by atoms with van der Waals surface area (Å²) in [4.78, 5) is 0. The van der Waals surface area contributed by atoms with Gasteiger partial charge in [-0.15, -0.1) is 0 Å². The summed E-state index contributed by atoms with van der Waals surface area (Å²) in [7, 11) is 1.88. The summed E-state index contributed by atoms with van der Waals surface area (Å²) < 4.78 is 26.4. The van der Waals surface area contributed by atoms with Crippen LogP contribution >= 0.6 is 0 Å². The van der Waals surface area contributed by atoms with Crippen LogP contribution in [0, 0.1) is 17.0 Å². The van der Waals surface area contributed by atoms with Gasteiger partial charge in [0.05, 0.1) is 0 Å². The highest BCUT2D eigenvalue weighted by molar-refractivity contribution is 5.19. The Morgan fingerprint density at radius 1 is 1.22 bits per heavy atom. The Hall–Kier alpha value is -0.960.